The Labute approximate surface area is 115 Å². The van der Waals surface area contributed by atoms with Crippen LogP contribution >= 0.6 is 22.6 Å². The molecule has 0 fully saturated rings. The van der Waals surface area contributed by atoms with E-state index in [1.54, 1.807) is 24.1 Å². The van der Waals surface area contributed by atoms with E-state index in [9.17, 15) is 4.79 Å². The highest BCUT2D eigenvalue weighted by molar-refractivity contribution is 14.1. The van der Waals surface area contributed by atoms with E-state index in [2.05, 4.69) is 22.6 Å². The van der Waals surface area contributed by atoms with Crippen molar-refractivity contribution in [3.05, 3.63) is 33.4 Å². The number of aliphatic hydroxyl groups excluding tert-OH is 1. The number of aliphatic hydroxyl groups is 1. The Morgan fingerprint density at radius 2 is 2.00 bits per heavy atom. The summed E-state index contributed by atoms with van der Waals surface area (Å²) in [4.78, 5) is 13.7. The number of carbonyl (C=O) groups excluding carboxylic acids is 1. The van der Waals surface area contributed by atoms with E-state index in [-0.39, 0.29) is 12.5 Å². The molecule has 0 saturated heterocycles. The van der Waals surface area contributed by atoms with Gasteiger partial charge in [0.2, 0.25) is 0 Å². The molecule has 0 aliphatic carbocycles. The molecule has 17 heavy (non-hydrogen) atoms. The van der Waals surface area contributed by atoms with E-state index in [1.165, 1.54) is 0 Å². The van der Waals surface area contributed by atoms with Crippen LogP contribution in [0.2, 0.25) is 0 Å². The SMILES string of the molecule is COCCN(CCO)C(=O)c1ccc(I)cc1. The molecule has 1 aromatic rings. The Kier molecular flexibility index (Phi) is 6.46. The summed E-state index contributed by atoms with van der Waals surface area (Å²) in [6.07, 6.45) is 0. The number of carbonyl (C=O) groups is 1. The smallest absolute Gasteiger partial charge is 0.254 e. The van der Waals surface area contributed by atoms with Crippen molar-refractivity contribution in [2.24, 2.45) is 0 Å². The van der Waals surface area contributed by atoms with Gasteiger partial charge in [0.1, 0.15) is 0 Å². The van der Waals surface area contributed by atoms with Gasteiger partial charge in [0.15, 0.2) is 0 Å². The Hall–Kier alpha value is -0.660. The number of methoxy groups -OCH3 is 1. The standard InChI is InChI=1S/C12H16INO3/c1-17-9-7-14(6-8-15)12(16)10-2-4-11(13)5-3-10/h2-5,15H,6-9H2,1H3. The predicted octanol–water partition coefficient (Wildman–Crippen LogP) is 1.37. The van der Waals surface area contributed by atoms with E-state index in [1.807, 2.05) is 12.1 Å². The Morgan fingerprint density at radius 1 is 1.35 bits per heavy atom. The van der Waals surface area contributed by atoms with Crippen molar-refractivity contribution in [3.63, 3.8) is 0 Å². The predicted molar refractivity (Wildman–Crippen MR) is 74.0 cm³/mol. The second-order valence-electron chi connectivity index (χ2n) is 3.52. The van der Waals surface area contributed by atoms with E-state index < -0.39 is 0 Å². The zero-order chi connectivity index (χ0) is 12.7. The lowest BCUT2D eigenvalue weighted by Gasteiger charge is -2.21. The molecule has 0 atom stereocenters. The molecule has 0 spiro atoms. The van der Waals surface area contributed by atoms with Gasteiger partial charge in [0.25, 0.3) is 5.91 Å². The van der Waals surface area contributed by atoms with Crippen molar-refractivity contribution in [3.8, 4) is 0 Å². The van der Waals surface area contributed by atoms with Gasteiger partial charge in [-0.1, -0.05) is 0 Å². The maximum atomic E-state index is 12.1. The van der Waals surface area contributed by atoms with Crippen LogP contribution in [0.4, 0.5) is 0 Å². The number of benzene rings is 1. The maximum absolute atomic E-state index is 12.1. The zero-order valence-corrected chi connectivity index (χ0v) is 11.9. The second kappa shape index (κ2) is 7.62. The van der Waals surface area contributed by atoms with Crippen LogP contribution < -0.4 is 0 Å². The van der Waals surface area contributed by atoms with Crippen LogP contribution in [0.3, 0.4) is 0 Å². The van der Waals surface area contributed by atoms with Crippen molar-refractivity contribution in [2.45, 2.75) is 0 Å². The molecule has 0 bridgehead atoms. The van der Waals surface area contributed by atoms with Gasteiger partial charge in [-0.25, -0.2) is 0 Å². The molecular formula is C12H16INO3. The summed E-state index contributed by atoms with van der Waals surface area (Å²) in [5, 5.41) is 8.94. The van der Waals surface area contributed by atoms with Gasteiger partial charge in [-0.15, -0.1) is 0 Å². The monoisotopic (exact) mass is 349 g/mol. The van der Waals surface area contributed by atoms with Crippen LogP contribution in [0.25, 0.3) is 0 Å². The molecule has 1 rings (SSSR count). The molecular weight excluding hydrogens is 333 g/mol. The summed E-state index contributed by atoms with van der Waals surface area (Å²) < 4.78 is 6.03. The average molecular weight is 349 g/mol. The third-order valence-corrected chi connectivity index (χ3v) is 3.03. The summed E-state index contributed by atoms with van der Waals surface area (Å²) in [6.45, 7) is 1.24. The topological polar surface area (TPSA) is 49.8 Å². The van der Waals surface area contributed by atoms with Gasteiger partial charge >= 0.3 is 0 Å². The number of amides is 1. The zero-order valence-electron chi connectivity index (χ0n) is 9.73. The molecule has 1 aromatic carbocycles. The van der Waals surface area contributed by atoms with Crippen LogP contribution in [0.15, 0.2) is 24.3 Å². The highest BCUT2D eigenvalue weighted by Crippen LogP contribution is 2.09. The molecule has 94 valence electrons. The fourth-order valence-electron chi connectivity index (χ4n) is 1.41. The molecule has 0 heterocycles. The van der Waals surface area contributed by atoms with Crippen molar-refractivity contribution < 1.29 is 14.6 Å². The molecule has 0 saturated carbocycles. The molecule has 5 heteroatoms. The number of hydrogen-bond acceptors (Lipinski definition) is 3. The molecule has 4 nitrogen and oxygen atoms in total. The van der Waals surface area contributed by atoms with E-state index in [0.717, 1.165) is 3.57 Å². The molecule has 0 aliphatic heterocycles. The second-order valence-corrected chi connectivity index (χ2v) is 4.76. The number of rotatable bonds is 6. The normalized spacial score (nSPS) is 10.3. The van der Waals surface area contributed by atoms with Crippen molar-refractivity contribution in [1.29, 1.82) is 0 Å². The fourth-order valence-corrected chi connectivity index (χ4v) is 1.77. The first kappa shape index (κ1) is 14.4. The summed E-state index contributed by atoms with van der Waals surface area (Å²) in [5.41, 5.74) is 0.634. The van der Waals surface area contributed by atoms with Gasteiger partial charge < -0.3 is 14.7 Å². The first-order chi connectivity index (χ1) is 8.19. The Morgan fingerprint density at radius 3 is 2.53 bits per heavy atom. The van der Waals surface area contributed by atoms with E-state index in [0.29, 0.717) is 25.3 Å². The Bertz CT molecular complexity index is 353. The van der Waals surface area contributed by atoms with Crippen LogP contribution in [0.5, 0.6) is 0 Å². The third kappa shape index (κ3) is 4.61. The number of nitrogens with zero attached hydrogens (tertiary/aromatic N) is 1. The average Bonchev–Trinajstić information content (AvgIpc) is 2.34. The number of hydrogen-bond donors (Lipinski definition) is 1. The third-order valence-electron chi connectivity index (χ3n) is 2.31. The summed E-state index contributed by atoms with van der Waals surface area (Å²) in [5.74, 6) is -0.0764. The molecule has 0 unspecified atom stereocenters. The molecule has 1 amide bonds. The molecule has 0 radical (unpaired) electrons. The van der Waals surface area contributed by atoms with E-state index >= 15 is 0 Å². The minimum absolute atomic E-state index is 0.0418. The lowest BCUT2D eigenvalue weighted by Crippen LogP contribution is -2.36. The van der Waals surface area contributed by atoms with Crippen LogP contribution in [0.1, 0.15) is 10.4 Å². The van der Waals surface area contributed by atoms with Gasteiger partial charge in [-0.3, -0.25) is 4.79 Å². The van der Waals surface area contributed by atoms with Gasteiger partial charge in [-0.05, 0) is 46.9 Å². The molecule has 0 aliphatic rings. The van der Waals surface area contributed by atoms with Crippen molar-refractivity contribution in [1.82, 2.24) is 4.90 Å². The largest absolute Gasteiger partial charge is 0.395 e. The maximum Gasteiger partial charge on any atom is 0.254 e. The fraction of sp³-hybridized carbons (Fsp3) is 0.417. The minimum atomic E-state index is -0.0764. The first-order valence-electron chi connectivity index (χ1n) is 5.33. The summed E-state index contributed by atoms with van der Waals surface area (Å²) >= 11 is 2.19. The summed E-state index contributed by atoms with van der Waals surface area (Å²) in [6, 6.07) is 7.37. The first-order valence-corrected chi connectivity index (χ1v) is 6.41. The highest BCUT2D eigenvalue weighted by Gasteiger charge is 2.14. The number of halogens is 1. The lowest BCUT2D eigenvalue weighted by atomic mass is 10.2. The highest BCUT2D eigenvalue weighted by atomic mass is 127. The van der Waals surface area contributed by atoms with Crippen molar-refractivity contribution in [2.75, 3.05) is 33.4 Å². The van der Waals surface area contributed by atoms with Gasteiger partial charge in [-0.2, -0.15) is 0 Å². The lowest BCUT2D eigenvalue weighted by molar-refractivity contribution is 0.0656. The molecule has 1 N–H and O–H groups in total. The minimum Gasteiger partial charge on any atom is -0.395 e. The summed E-state index contributed by atoms with van der Waals surface area (Å²) in [7, 11) is 1.59. The quantitative estimate of drug-likeness (QED) is 0.790. The van der Waals surface area contributed by atoms with Gasteiger partial charge in [0.05, 0.1) is 13.2 Å². The Balaban J connectivity index is 2.72. The van der Waals surface area contributed by atoms with E-state index in [4.69, 9.17) is 9.84 Å². The van der Waals surface area contributed by atoms with Crippen LogP contribution in [-0.4, -0.2) is 49.3 Å². The van der Waals surface area contributed by atoms with Crippen LogP contribution in [0, 0.1) is 3.57 Å². The van der Waals surface area contributed by atoms with Crippen molar-refractivity contribution >= 4 is 28.5 Å². The number of ether oxygens (including phenoxy) is 1. The van der Waals surface area contributed by atoms with Crippen LogP contribution in [-0.2, 0) is 4.74 Å². The van der Waals surface area contributed by atoms with Gasteiger partial charge in [0, 0.05) is 29.3 Å². The molecule has 0 aromatic heterocycles.